The lowest BCUT2D eigenvalue weighted by molar-refractivity contribution is -0.0131. The summed E-state index contributed by atoms with van der Waals surface area (Å²) in [5.74, 6) is 1.45. The van der Waals surface area contributed by atoms with Crippen LogP contribution in [0, 0.1) is 11.3 Å². The molecule has 0 spiro atoms. The lowest BCUT2D eigenvalue weighted by Crippen LogP contribution is -2.48. The van der Waals surface area contributed by atoms with Crippen LogP contribution in [0.5, 0.6) is 0 Å². The number of ether oxygens (including phenoxy) is 2. The summed E-state index contributed by atoms with van der Waals surface area (Å²) in [6.45, 7) is 3.64. The number of aromatic amines is 1. The number of nitrogens with zero attached hydrogens (tertiary/aromatic N) is 5. The molecule has 2 N–H and O–H groups in total. The van der Waals surface area contributed by atoms with E-state index in [1.54, 1.807) is 4.90 Å². The van der Waals surface area contributed by atoms with Crippen molar-refractivity contribution < 1.29 is 14.3 Å². The van der Waals surface area contributed by atoms with Crippen LogP contribution in [0.3, 0.4) is 0 Å². The number of hydrogen-bond acceptors (Lipinski definition) is 8. The second-order valence-electron chi connectivity index (χ2n) is 7.36. The van der Waals surface area contributed by atoms with E-state index in [0.717, 1.165) is 25.0 Å². The number of aromatic nitrogens is 4. The highest BCUT2D eigenvalue weighted by atomic mass is 16.6. The van der Waals surface area contributed by atoms with Crippen LogP contribution in [-0.4, -0.2) is 63.1 Å². The van der Waals surface area contributed by atoms with Gasteiger partial charge in [-0.3, -0.25) is 5.10 Å². The Balaban J connectivity index is 1.31. The lowest BCUT2D eigenvalue weighted by atomic mass is 10.0. The summed E-state index contributed by atoms with van der Waals surface area (Å²) in [6, 6.07) is 3.90. The molecule has 2 aromatic rings. The maximum Gasteiger partial charge on any atom is 0.410 e. The molecule has 152 valence electrons. The number of nitrogens with one attached hydrogen (secondary N) is 2. The van der Waals surface area contributed by atoms with Crippen molar-refractivity contribution in [3.8, 4) is 6.07 Å². The minimum Gasteiger partial charge on any atom is -0.446 e. The van der Waals surface area contributed by atoms with Gasteiger partial charge in [0.05, 0.1) is 37.3 Å². The third-order valence-electron chi connectivity index (χ3n) is 5.30. The minimum atomic E-state index is -0.254. The van der Waals surface area contributed by atoms with Crippen molar-refractivity contribution in [1.29, 1.82) is 5.26 Å². The van der Waals surface area contributed by atoms with Crippen LogP contribution in [0.15, 0.2) is 18.5 Å². The standard InChI is InChI=1S/C19H23N7O3/c1-12-11-28-5-4-26(12)19(27)29-15-3-2-13(6-15)16-7-17(25-24-16)23-18-10-21-14(8-20)9-22-18/h7,9-10,12-13,15H,2-6,11H2,1H3,(H2,22,23,24,25). The van der Waals surface area contributed by atoms with Gasteiger partial charge in [0.1, 0.15) is 23.8 Å². The van der Waals surface area contributed by atoms with Gasteiger partial charge in [0.15, 0.2) is 5.69 Å². The van der Waals surface area contributed by atoms with Crippen LogP contribution in [0.25, 0.3) is 0 Å². The van der Waals surface area contributed by atoms with E-state index in [-0.39, 0.29) is 29.9 Å². The Hall–Kier alpha value is -3.19. The van der Waals surface area contributed by atoms with E-state index in [2.05, 4.69) is 25.5 Å². The Labute approximate surface area is 168 Å². The van der Waals surface area contributed by atoms with Crippen molar-refractivity contribution >= 4 is 17.7 Å². The first kappa shape index (κ1) is 19.1. The normalized spacial score (nSPS) is 24.1. The molecule has 3 atom stereocenters. The molecule has 0 bridgehead atoms. The van der Waals surface area contributed by atoms with Gasteiger partial charge in [-0.1, -0.05) is 0 Å². The Morgan fingerprint density at radius 2 is 2.31 bits per heavy atom. The van der Waals surface area contributed by atoms with Crippen LogP contribution < -0.4 is 5.32 Å². The van der Waals surface area contributed by atoms with Gasteiger partial charge in [0, 0.05) is 18.5 Å². The summed E-state index contributed by atoms with van der Waals surface area (Å²) >= 11 is 0. The van der Waals surface area contributed by atoms with E-state index in [4.69, 9.17) is 14.7 Å². The average molecular weight is 397 g/mol. The van der Waals surface area contributed by atoms with Gasteiger partial charge in [0.25, 0.3) is 0 Å². The second kappa shape index (κ2) is 8.45. The lowest BCUT2D eigenvalue weighted by Gasteiger charge is -2.33. The molecule has 2 aliphatic rings. The van der Waals surface area contributed by atoms with Crippen LogP contribution in [-0.2, 0) is 9.47 Å². The highest BCUT2D eigenvalue weighted by Gasteiger charge is 2.33. The maximum absolute atomic E-state index is 12.4. The van der Waals surface area contributed by atoms with Gasteiger partial charge in [-0.05, 0) is 26.2 Å². The van der Waals surface area contributed by atoms with Crippen LogP contribution in [0.1, 0.15) is 43.5 Å². The molecule has 10 heteroatoms. The van der Waals surface area contributed by atoms with Gasteiger partial charge in [-0.25, -0.2) is 14.8 Å². The summed E-state index contributed by atoms with van der Waals surface area (Å²) in [4.78, 5) is 22.3. The highest BCUT2D eigenvalue weighted by Crippen LogP contribution is 2.36. The SMILES string of the molecule is CC1COCCN1C(=O)OC1CCC(c2cc(Nc3cnc(C#N)cn3)[nH]n2)C1. The zero-order chi connectivity index (χ0) is 20.2. The molecule has 3 heterocycles. The van der Waals surface area contributed by atoms with Gasteiger partial charge in [-0.15, -0.1) is 0 Å². The Bertz CT molecular complexity index is 892. The van der Waals surface area contributed by atoms with Crippen molar-refractivity contribution in [2.24, 2.45) is 0 Å². The number of morpholine rings is 1. The Morgan fingerprint density at radius 3 is 3.07 bits per heavy atom. The number of carbonyl (C=O) groups is 1. The maximum atomic E-state index is 12.4. The van der Waals surface area contributed by atoms with Crippen molar-refractivity contribution in [2.75, 3.05) is 25.1 Å². The number of rotatable bonds is 4. The summed E-state index contributed by atoms with van der Waals surface area (Å²) in [5.41, 5.74) is 1.19. The van der Waals surface area contributed by atoms with E-state index < -0.39 is 0 Å². The predicted octanol–water partition coefficient (Wildman–Crippen LogP) is 2.31. The van der Waals surface area contributed by atoms with Gasteiger partial charge in [0.2, 0.25) is 0 Å². The molecule has 0 aromatic carbocycles. The molecule has 1 amide bonds. The molecule has 2 fully saturated rings. The van der Waals surface area contributed by atoms with Crippen LogP contribution >= 0.6 is 0 Å². The summed E-state index contributed by atoms with van der Waals surface area (Å²) in [7, 11) is 0. The molecular formula is C19H23N7O3. The summed E-state index contributed by atoms with van der Waals surface area (Å²) < 4.78 is 11.1. The smallest absolute Gasteiger partial charge is 0.410 e. The van der Waals surface area contributed by atoms with Crippen molar-refractivity contribution in [3.63, 3.8) is 0 Å². The number of amides is 1. The van der Waals surface area contributed by atoms with Crippen molar-refractivity contribution in [1.82, 2.24) is 25.1 Å². The number of hydrogen-bond donors (Lipinski definition) is 2. The van der Waals surface area contributed by atoms with Gasteiger partial charge < -0.3 is 19.7 Å². The van der Waals surface area contributed by atoms with Crippen molar-refractivity contribution in [2.45, 2.75) is 44.2 Å². The quantitative estimate of drug-likeness (QED) is 0.804. The first-order valence-corrected chi connectivity index (χ1v) is 9.72. The molecule has 0 radical (unpaired) electrons. The summed E-state index contributed by atoms with van der Waals surface area (Å²) in [5, 5.41) is 19.2. The first-order chi connectivity index (χ1) is 14.1. The van der Waals surface area contributed by atoms with Gasteiger partial charge >= 0.3 is 6.09 Å². The highest BCUT2D eigenvalue weighted by molar-refractivity contribution is 5.68. The molecule has 3 unspecified atom stereocenters. The number of nitriles is 1. The van der Waals surface area contributed by atoms with Crippen LogP contribution in [0.2, 0.25) is 0 Å². The van der Waals surface area contributed by atoms with E-state index >= 15 is 0 Å². The third-order valence-corrected chi connectivity index (χ3v) is 5.30. The molecule has 4 rings (SSSR count). The molecule has 1 aliphatic heterocycles. The molecule has 1 saturated heterocycles. The van der Waals surface area contributed by atoms with E-state index in [1.165, 1.54) is 12.4 Å². The van der Waals surface area contributed by atoms with E-state index in [1.807, 2.05) is 19.1 Å². The summed E-state index contributed by atoms with van der Waals surface area (Å²) in [6.07, 6.45) is 5.05. The zero-order valence-corrected chi connectivity index (χ0v) is 16.2. The zero-order valence-electron chi connectivity index (χ0n) is 16.2. The van der Waals surface area contributed by atoms with Crippen LogP contribution in [0.4, 0.5) is 16.4 Å². The topological polar surface area (TPSA) is 129 Å². The number of anilines is 2. The largest absolute Gasteiger partial charge is 0.446 e. The monoisotopic (exact) mass is 397 g/mol. The Kier molecular flexibility index (Phi) is 5.57. The third kappa shape index (κ3) is 4.46. The number of H-pyrrole nitrogens is 1. The Morgan fingerprint density at radius 1 is 1.41 bits per heavy atom. The molecule has 10 nitrogen and oxygen atoms in total. The van der Waals surface area contributed by atoms with E-state index in [0.29, 0.717) is 31.4 Å². The fourth-order valence-electron chi connectivity index (χ4n) is 3.72. The molecule has 1 aliphatic carbocycles. The van der Waals surface area contributed by atoms with E-state index in [9.17, 15) is 4.79 Å². The fourth-order valence-corrected chi connectivity index (χ4v) is 3.72. The molecule has 1 saturated carbocycles. The first-order valence-electron chi connectivity index (χ1n) is 9.72. The molecule has 2 aromatic heterocycles. The minimum absolute atomic E-state index is 0.0405. The molecular weight excluding hydrogens is 374 g/mol. The predicted molar refractivity (Wildman–Crippen MR) is 102 cm³/mol. The fraction of sp³-hybridized carbons (Fsp3) is 0.526. The average Bonchev–Trinajstić information content (AvgIpc) is 3.38. The van der Waals surface area contributed by atoms with Crippen molar-refractivity contribution in [3.05, 3.63) is 29.8 Å². The van der Waals surface area contributed by atoms with Gasteiger partial charge in [-0.2, -0.15) is 10.4 Å². The number of carbonyl (C=O) groups excluding carboxylic acids is 1. The second-order valence-corrected chi connectivity index (χ2v) is 7.36. The molecule has 29 heavy (non-hydrogen) atoms.